The molecule has 2 aliphatic heterocycles. The molecule has 2 aliphatic rings. The minimum absolute atomic E-state index is 0.142. The van der Waals surface area contributed by atoms with Crippen molar-refractivity contribution in [1.29, 1.82) is 0 Å². The minimum Gasteiger partial charge on any atom is -0.489 e. The Morgan fingerprint density at radius 3 is 3.11 bits per heavy atom. The number of rotatable bonds is 2. The van der Waals surface area contributed by atoms with E-state index in [1.807, 2.05) is 0 Å². The van der Waals surface area contributed by atoms with E-state index in [1.165, 1.54) is 6.07 Å². The summed E-state index contributed by atoms with van der Waals surface area (Å²) < 4.78 is 32.9. The van der Waals surface area contributed by atoms with Gasteiger partial charge < -0.3 is 14.6 Å². The van der Waals surface area contributed by atoms with Crippen LogP contribution >= 0.6 is 0 Å². The Hall–Kier alpha value is -1.62. The van der Waals surface area contributed by atoms with E-state index < -0.39 is 30.4 Å². The number of benzene rings is 1. The summed E-state index contributed by atoms with van der Waals surface area (Å²) in [4.78, 5) is 11.4. The van der Waals surface area contributed by atoms with Gasteiger partial charge in [0.1, 0.15) is 23.4 Å². The monoisotopic (exact) mass is 267 g/mol. The van der Waals surface area contributed by atoms with Crippen molar-refractivity contribution in [2.45, 2.75) is 44.8 Å². The van der Waals surface area contributed by atoms with Crippen molar-refractivity contribution < 1.29 is 25.1 Å². The van der Waals surface area contributed by atoms with Crippen molar-refractivity contribution in [2.24, 2.45) is 0 Å². The second-order valence-corrected chi connectivity index (χ2v) is 4.96. The molecular formula is C14H15FO4. The number of aliphatic hydroxyl groups is 1. The molecule has 2 heterocycles. The van der Waals surface area contributed by atoms with Crippen LogP contribution in [0.1, 0.15) is 32.3 Å². The van der Waals surface area contributed by atoms with Crippen molar-refractivity contribution in [3.63, 3.8) is 0 Å². The van der Waals surface area contributed by atoms with Crippen LogP contribution in [0.4, 0.5) is 4.39 Å². The molecule has 1 unspecified atom stereocenters. The van der Waals surface area contributed by atoms with Crippen LogP contribution in [0, 0.1) is 5.82 Å². The molecule has 0 saturated heterocycles. The van der Waals surface area contributed by atoms with Crippen molar-refractivity contribution in [1.82, 2.24) is 0 Å². The number of halogens is 1. The first-order valence-corrected chi connectivity index (χ1v) is 6.30. The van der Waals surface area contributed by atoms with Gasteiger partial charge in [-0.3, -0.25) is 4.79 Å². The van der Waals surface area contributed by atoms with Gasteiger partial charge in [-0.15, -0.1) is 0 Å². The maximum absolute atomic E-state index is 14.0. The first-order chi connectivity index (χ1) is 9.47. The lowest BCUT2D eigenvalue weighted by molar-refractivity contribution is -0.135. The van der Waals surface area contributed by atoms with Gasteiger partial charge in [0.2, 0.25) is 0 Å². The van der Waals surface area contributed by atoms with E-state index in [9.17, 15) is 14.3 Å². The van der Waals surface area contributed by atoms with Crippen LogP contribution in [0.2, 0.25) is 0 Å². The standard InChI is InChI=1S/C14H15FO4/c1-7(16)4-8-5-10-12(18-8)6-11(15)9-2-3-13(17)19-14(9)10/h6-8,16H,2-5H2,1H3/t7?,8-/m0/s1/i5D/t5-,7?,8-. The van der Waals surface area contributed by atoms with Crippen molar-refractivity contribution in [2.75, 3.05) is 0 Å². The lowest BCUT2D eigenvalue weighted by Crippen LogP contribution is -2.20. The SMILES string of the molecule is [2H][C@@H]1c2c(cc(F)c3c2OC(=O)CC3)O[C@H]1CC(C)O. The van der Waals surface area contributed by atoms with Crippen LogP contribution < -0.4 is 9.47 Å². The van der Waals surface area contributed by atoms with E-state index in [4.69, 9.17) is 10.8 Å². The number of fused-ring (bicyclic) bond motifs is 3. The molecule has 0 aliphatic carbocycles. The fourth-order valence-electron chi connectivity index (χ4n) is 2.50. The van der Waals surface area contributed by atoms with Gasteiger partial charge in [-0.25, -0.2) is 4.39 Å². The summed E-state index contributed by atoms with van der Waals surface area (Å²) in [5.74, 6) is -0.515. The predicted molar refractivity (Wildman–Crippen MR) is 64.8 cm³/mol. The van der Waals surface area contributed by atoms with Crippen LogP contribution in [0.5, 0.6) is 11.5 Å². The molecule has 3 atom stereocenters. The molecule has 1 aromatic carbocycles. The highest BCUT2D eigenvalue weighted by Gasteiger charge is 2.33. The fourth-order valence-corrected chi connectivity index (χ4v) is 2.50. The Labute approximate surface area is 111 Å². The second-order valence-electron chi connectivity index (χ2n) is 4.96. The number of hydrogen-bond donors (Lipinski definition) is 1. The molecule has 0 radical (unpaired) electrons. The number of hydrogen-bond acceptors (Lipinski definition) is 4. The van der Waals surface area contributed by atoms with Gasteiger partial charge >= 0.3 is 5.97 Å². The molecule has 4 nitrogen and oxygen atoms in total. The lowest BCUT2D eigenvalue weighted by Gasteiger charge is -2.18. The molecule has 5 heteroatoms. The number of aliphatic hydroxyl groups excluding tert-OH is 1. The summed E-state index contributed by atoms with van der Waals surface area (Å²) in [5, 5.41) is 9.42. The van der Waals surface area contributed by atoms with E-state index in [-0.39, 0.29) is 30.8 Å². The predicted octanol–water partition coefficient (Wildman–Crippen LogP) is 1.75. The normalized spacial score (nSPS) is 26.9. The summed E-state index contributed by atoms with van der Waals surface area (Å²) in [6.45, 7) is 1.61. The molecule has 1 N–H and O–H groups in total. The van der Waals surface area contributed by atoms with Gasteiger partial charge in [-0.1, -0.05) is 0 Å². The summed E-state index contributed by atoms with van der Waals surface area (Å²) in [5.41, 5.74) is 0.752. The number of carbonyl (C=O) groups excluding carboxylic acids is 1. The molecule has 0 fully saturated rings. The van der Waals surface area contributed by atoms with Gasteiger partial charge in [0.15, 0.2) is 0 Å². The van der Waals surface area contributed by atoms with Crippen LogP contribution in [-0.4, -0.2) is 23.3 Å². The first kappa shape index (κ1) is 11.2. The molecule has 0 aromatic heterocycles. The van der Waals surface area contributed by atoms with Gasteiger partial charge in [0.25, 0.3) is 0 Å². The molecule has 19 heavy (non-hydrogen) atoms. The summed E-state index contributed by atoms with van der Waals surface area (Å²) in [7, 11) is 0. The third-order valence-corrected chi connectivity index (χ3v) is 3.33. The van der Waals surface area contributed by atoms with Crippen LogP contribution in [0.15, 0.2) is 6.07 Å². The summed E-state index contributed by atoms with van der Waals surface area (Å²) in [6.07, 6.45) is -1.28. The smallest absolute Gasteiger partial charge is 0.311 e. The highest BCUT2D eigenvalue weighted by atomic mass is 19.1. The number of carbonyl (C=O) groups is 1. The van der Waals surface area contributed by atoms with Crippen LogP contribution in [-0.2, 0) is 17.6 Å². The van der Waals surface area contributed by atoms with Gasteiger partial charge in [0.05, 0.1) is 12.5 Å². The maximum Gasteiger partial charge on any atom is 0.311 e. The molecule has 3 rings (SSSR count). The third kappa shape index (κ3) is 2.18. The summed E-state index contributed by atoms with van der Waals surface area (Å²) >= 11 is 0. The molecule has 0 amide bonds. The molecule has 0 bridgehead atoms. The van der Waals surface area contributed by atoms with Gasteiger partial charge in [-0.05, 0) is 13.3 Å². The quantitative estimate of drug-likeness (QED) is 0.655. The highest BCUT2D eigenvalue weighted by molar-refractivity contribution is 5.77. The van der Waals surface area contributed by atoms with Crippen molar-refractivity contribution in [3.8, 4) is 11.5 Å². The average Bonchev–Trinajstić information content (AvgIpc) is 2.65. The first-order valence-electron chi connectivity index (χ1n) is 6.88. The largest absolute Gasteiger partial charge is 0.489 e. The van der Waals surface area contributed by atoms with E-state index >= 15 is 0 Å². The van der Waals surface area contributed by atoms with Crippen LogP contribution in [0.25, 0.3) is 0 Å². The van der Waals surface area contributed by atoms with E-state index in [0.29, 0.717) is 11.1 Å². The molecule has 0 saturated carbocycles. The van der Waals surface area contributed by atoms with Crippen molar-refractivity contribution in [3.05, 3.63) is 23.0 Å². The maximum atomic E-state index is 14.0. The molecule has 102 valence electrons. The Morgan fingerprint density at radius 1 is 1.58 bits per heavy atom. The summed E-state index contributed by atoms with van der Waals surface area (Å²) in [6, 6.07) is 1.25. The second kappa shape index (κ2) is 4.49. The lowest BCUT2D eigenvalue weighted by atomic mass is 9.98. The van der Waals surface area contributed by atoms with Gasteiger partial charge in [-0.2, -0.15) is 0 Å². The Bertz CT molecular complexity index is 573. The minimum atomic E-state index is -0.792. The molecule has 0 spiro atoms. The highest BCUT2D eigenvalue weighted by Crippen LogP contribution is 2.43. The fraction of sp³-hybridized carbons (Fsp3) is 0.500. The zero-order valence-corrected chi connectivity index (χ0v) is 10.5. The van der Waals surface area contributed by atoms with Crippen LogP contribution in [0.3, 0.4) is 0 Å². The van der Waals surface area contributed by atoms with E-state index in [0.717, 1.165) is 0 Å². The molecule has 1 aromatic rings. The zero-order chi connectivity index (χ0) is 14.4. The van der Waals surface area contributed by atoms with Crippen molar-refractivity contribution >= 4 is 5.97 Å². The van der Waals surface area contributed by atoms with E-state index in [1.54, 1.807) is 6.92 Å². The average molecular weight is 267 g/mol. The topological polar surface area (TPSA) is 55.8 Å². The third-order valence-electron chi connectivity index (χ3n) is 3.33. The van der Waals surface area contributed by atoms with Gasteiger partial charge in [0, 0.05) is 31.4 Å². The Morgan fingerprint density at radius 2 is 2.37 bits per heavy atom. The Kier molecular flexibility index (Phi) is 2.65. The number of ether oxygens (including phenoxy) is 2. The zero-order valence-electron chi connectivity index (χ0n) is 11.5. The Balaban J connectivity index is 2.04. The molecular weight excluding hydrogens is 251 g/mol. The number of esters is 1. The van der Waals surface area contributed by atoms with E-state index in [2.05, 4.69) is 0 Å².